The summed E-state index contributed by atoms with van der Waals surface area (Å²) in [4.78, 5) is 0. The van der Waals surface area contributed by atoms with E-state index in [0.717, 1.165) is 22.2 Å². The smallest absolute Gasteiger partial charge is 0.133 e. The monoisotopic (exact) mass is 273 g/mol. The lowest BCUT2D eigenvalue weighted by molar-refractivity contribution is 0.120. The summed E-state index contributed by atoms with van der Waals surface area (Å²) in [6.45, 7) is 2.00. The largest absolute Gasteiger partial charge is 0.496 e. The average Bonchev–Trinajstić information content (AvgIpc) is 2.25. The van der Waals surface area contributed by atoms with Crippen LogP contribution in [0, 0.1) is 0 Å². The molecule has 1 rings (SSSR count). The van der Waals surface area contributed by atoms with Gasteiger partial charge in [0.1, 0.15) is 5.75 Å². The van der Waals surface area contributed by atoms with E-state index in [9.17, 15) is 0 Å². The van der Waals surface area contributed by atoms with Crippen molar-refractivity contribution in [3.05, 3.63) is 28.2 Å². The van der Waals surface area contributed by atoms with E-state index >= 15 is 0 Å². The lowest BCUT2D eigenvalue weighted by Crippen LogP contribution is -2.04. The summed E-state index contributed by atoms with van der Waals surface area (Å²) in [6.07, 6.45) is 0.900. The Labute approximate surface area is 98.7 Å². The molecule has 0 aliphatic carbocycles. The van der Waals surface area contributed by atoms with Crippen molar-refractivity contribution in [2.24, 2.45) is 5.73 Å². The Balaban J connectivity index is 2.45. The highest BCUT2D eigenvalue weighted by molar-refractivity contribution is 9.10. The average molecular weight is 274 g/mol. The van der Waals surface area contributed by atoms with Crippen LogP contribution in [0.3, 0.4) is 0 Å². The molecule has 84 valence electrons. The van der Waals surface area contributed by atoms with Gasteiger partial charge < -0.3 is 15.2 Å². The van der Waals surface area contributed by atoms with Crippen molar-refractivity contribution in [1.29, 1.82) is 0 Å². The third kappa shape index (κ3) is 4.20. The van der Waals surface area contributed by atoms with Gasteiger partial charge in [-0.05, 0) is 46.6 Å². The summed E-state index contributed by atoms with van der Waals surface area (Å²) in [5.74, 6) is 0.834. The van der Waals surface area contributed by atoms with Gasteiger partial charge in [0.25, 0.3) is 0 Å². The maximum atomic E-state index is 5.45. The molecule has 1 aromatic rings. The Bertz CT molecular complexity index is 305. The number of ether oxygens (including phenoxy) is 2. The second-order valence-corrected chi connectivity index (χ2v) is 4.02. The van der Waals surface area contributed by atoms with Crippen molar-refractivity contribution in [2.45, 2.75) is 13.0 Å². The van der Waals surface area contributed by atoms with Gasteiger partial charge in [-0.25, -0.2) is 0 Å². The molecule has 0 radical (unpaired) electrons. The predicted octanol–water partition coefficient (Wildman–Crippen LogP) is 2.32. The number of benzene rings is 1. The van der Waals surface area contributed by atoms with Gasteiger partial charge in [-0.2, -0.15) is 0 Å². The molecule has 3 nitrogen and oxygen atoms in total. The molecule has 2 N–H and O–H groups in total. The molecule has 0 amide bonds. The van der Waals surface area contributed by atoms with Crippen LogP contribution in [0.5, 0.6) is 5.75 Å². The maximum absolute atomic E-state index is 5.45. The van der Waals surface area contributed by atoms with E-state index in [2.05, 4.69) is 15.9 Å². The van der Waals surface area contributed by atoms with Crippen molar-refractivity contribution in [1.82, 2.24) is 0 Å². The fraction of sp³-hybridized carbons (Fsp3) is 0.455. The third-order valence-corrected chi connectivity index (χ3v) is 2.60. The zero-order valence-electron chi connectivity index (χ0n) is 8.83. The van der Waals surface area contributed by atoms with Gasteiger partial charge in [-0.15, -0.1) is 0 Å². The Morgan fingerprint density at radius 3 is 2.80 bits per heavy atom. The normalized spacial score (nSPS) is 10.3. The number of methoxy groups -OCH3 is 1. The van der Waals surface area contributed by atoms with Crippen LogP contribution >= 0.6 is 15.9 Å². The molecule has 0 unspecified atom stereocenters. The Morgan fingerprint density at radius 1 is 1.40 bits per heavy atom. The van der Waals surface area contributed by atoms with Crippen LogP contribution in [-0.4, -0.2) is 20.3 Å². The predicted molar refractivity (Wildman–Crippen MR) is 64.0 cm³/mol. The van der Waals surface area contributed by atoms with Crippen LogP contribution in [0.1, 0.15) is 12.0 Å². The van der Waals surface area contributed by atoms with E-state index in [1.54, 1.807) is 7.11 Å². The van der Waals surface area contributed by atoms with E-state index in [1.165, 1.54) is 0 Å². The molecule has 15 heavy (non-hydrogen) atoms. The van der Waals surface area contributed by atoms with Crippen molar-refractivity contribution in [2.75, 3.05) is 20.3 Å². The molecule has 0 aliphatic rings. The highest BCUT2D eigenvalue weighted by atomic mass is 79.9. The van der Waals surface area contributed by atoms with Crippen molar-refractivity contribution >= 4 is 15.9 Å². The molecule has 0 bridgehead atoms. The molecule has 4 heteroatoms. The van der Waals surface area contributed by atoms with Gasteiger partial charge >= 0.3 is 0 Å². The Kier molecular flexibility index (Phi) is 5.68. The number of rotatable bonds is 6. The molecule has 1 aromatic carbocycles. The molecule has 0 saturated carbocycles. The fourth-order valence-corrected chi connectivity index (χ4v) is 1.76. The first kappa shape index (κ1) is 12.5. The summed E-state index contributed by atoms with van der Waals surface area (Å²) in [7, 11) is 1.65. The second kappa shape index (κ2) is 6.82. The minimum absolute atomic E-state index is 0.614. The first-order chi connectivity index (χ1) is 7.27. The maximum Gasteiger partial charge on any atom is 0.133 e. The number of hydrogen-bond acceptors (Lipinski definition) is 3. The zero-order valence-corrected chi connectivity index (χ0v) is 10.4. The molecule has 0 aromatic heterocycles. The van der Waals surface area contributed by atoms with E-state index in [1.807, 2.05) is 18.2 Å². The van der Waals surface area contributed by atoms with Gasteiger partial charge in [0.05, 0.1) is 18.2 Å². The van der Waals surface area contributed by atoms with Gasteiger partial charge in [0.2, 0.25) is 0 Å². The summed E-state index contributed by atoms with van der Waals surface area (Å²) in [5.41, 5.74) is 6.49. The molecule has 0 spiro atoms. The van der Waals surface area contributed by atoms with Crippen LogP contribution in [0.15, 0.2) is 22.7 Å². The first-order valence-electron chi connectivity index (χ1n) is 4.88. The van der Waals surface area contributed by atoms with Gasteiger partial charge in [0, 0.05) is 6.61 Å². The van der Waals surface area contributed by atoms with E-state index < -0.39 is 0 Å². The molecule has 0 fully saturated rings. The van der Waals surface area contributed by atoms with Crippen LogP contribution in [0.25, 0.3) is 0 Å². The molecule has 0 aliphatic heterocycles. The van der Waals surface area contributed by atoms with Crippen LogP contribution in [0.4, 0.5) is 0 Å². The van der Waals surface area contributed by atoms with Crippen molar-refractivity contribution < 1.29 is 9.47 Å². The highest BCUT2D eigenvalue weighted by Gasteiger charge is 2.01. The van der Waals surface area contributed by atoms with Crippen molar-refractivity contribution in [3.8, 4) is 5.75 Å². The van der Waals surface area contributed by atoms with Crippen LogP contribution in [-0.2, 0) is 11.3 Å². The molecular formula is C11H16BrNO2. The van der Waals surface area contributed by atoms with E-state index in [-0.39, 0.29) is 0 Å². The molecule has 0 heterocycles. The topological polar surface area (TPSA) is 44.5 Å². The second-order valence-electron chi connectivity index (χ2n) is 3.16. The quantitative estimate of drug-likeness (QED) is 0.810. The zero-order chi connectivity index (χ0) is 11.1. The minimum atomic E-state index is 0.614. The van der Waals surface area contributed by atoms with E-state index in [0.29, 0.717) is 19.8 Å². The molecule has 0 atom stereocenters. The summed E-state index contributed by atoms with van der Waals surface area (Å²) in [5, 5.41) is 0. The van der Waals surface area contributed by atoms with Gasteiger partial charge in [-0.1, -0.05) is 6.07 Å². The lowest BCUT2D eigenvalue weighted by Gasteiger charge is -2.07. The van der Waals surface area contributed by atoms with Crippen LogP contribution in [0.2, 0.25) is 0 Å². The van der Waals surface area contributed by atoms with Gasteiger partial charge in [0.15, 0.2) is 0 Å². The Morgan fingerprint density at radius 2 is 2.20 bits per heavy atom. The first-order valence-corrected chi connectivity index (χ1v) is 5.67. The molecule has 0 saturated heterocycles. The van der Waals surface area contributed by atoms with Gasteiger partial charge in [-0.3, -0.25) is 0 Å². The van der Waals surface area contributed by atoms with Crippen molar-refractivity contribution in [3.63, 3.8) is 0 Å². The number of nitrogens with two attached hydrogens (primary N) is 1. The summed E-state index contributed by atoms with van der Waals surface area (Å²) >= 11 is 3.43. The fourth-order valence-electron chi connectivity index (χ4n) is 1.18. The highest BCUT2D eigenvalue weighted by Crippen LogP contribution is 2.25. The SMILES string of the molecule is COc1ccc(COCCCN)cc1Br. The molecular weight excluding hydrogens is 258 g/mol. The third-order valence-electron chi connectivity index (χ3n) is 1.98. The number of hydrogen-bond donors (Lipinski definition) is 1. The van der Waals surface area contributed by atoms with Crippen LogP contribution < -0.4 is 10.5 Å². The Hall–Kier alpha value is -0.580. The minimum Gasteiger partial charge on any atom is -0.496 e. The standard InChI is InChI=1S/C11H16BrNO2/c1-14-11-4-3-9(7-10(11)12)8-15-6-2-5-13/h3-4,7H,2,5-6,8,13H2,1H3. The lowest BCUT2D eigenvalue weighted by atomic mass is 10.2. The summed E-state index contributed by atoms with van der Waals surface area (Å²) < 4.78 is 11.5. The number of halogens is 1. The van der Waals surface area contributed by atoms with E-state index in [4.69, 9.17) is 15.2 Å². The summed E-state index contributed by atoms with van der Waals surface area (Å²) in [6, 6.07) is 5.92.